The van der Waals surface area contributed by atoms with E-state index in [2.05, 4.69) is 10.3 Å². The molecule has 1 amide bonds. The number of aromatic nitrogens is 1. The molecule has 0 saturated heterocycles. The highest BCUT2D eigenvalue weighted by atomic mass is 32.2. The first-order valence-corrected chi connectivity index (χ1v) is 5.91. The SMILES string of the molecule is CC(C)(C)SCC(=O)Nc1ccc(F)nc1. The maximum atomic E-state index is 12.5. The van der Waals surface area contributed by atoms with Crippen molar-refractivity contribution in [2.75, 3.05) is 11.1 Å². The Kier molecular flexibility index (Phi) is 4.29. The topological polar surface area (TPSA) is 42.0 Å². The van der Waals surface area contributed by atoms with E-state index in [9.17, 15) is 9.18 Å². The fraction of sp³-hybridized carbons (Fsp3) is 0.455. The number of rotatable bonds is 3. The van der Waals surface area contributed by atoms with Crippen LogP contribution in [0.1, 0.15) is 20.8 Å². The second-order valence-electron chi connectivity index (χ2n) is 4.32. The molecule has 0 unspecified atom stereocenters. The summed E-state index contributed by atoms with van der Waals surface area (Å²) in [7, 11) is 0. The summed E-state index contributed by atoms with van der Waals surface area (Å²) in [6, 6.07) is 2.70. The van der Waals surface area contributed by atoms with Crippen molar-refractivity contribution in [2.45, 2.75) is 25.5 Å². The van der Waals surface area contributed by atoms with Gasteiger partial charge < -0.3 is 5.32 Å². The van der Waals surface area contributed by atoms with Gasteiger partial charge in [-0.15, -0.1) is 11.8 Å². The summed E-state index contributed by atoms with van der Waals surface area (Å²) in [5.41, 5.74) is 0.515. The summed E-state index contributed by atoms with van der Waals surface area (Å²) in [6.45, 7) is 6.14. The van der Waals surface area contributed by atoms with Crippen molar-refractivity contribution in [3.63, 3.8) is 0 Å². The van der Waals surface area contributed by atoms with Gasteiger partial charge in [0.25, 0.3) is 0 Å². The predicted molar refractivity (Wildman–Crippen MR) is 65.0 cm³/mol. The molecule has 1 heterocycles. The van der Waals surface area contributed by atoms with Gasteiger partial charge in [0.05, 0.1) is 17.6 Å². The lowest BCUT2D eigenvalue weighted by Gasteiger charge is -2.16. The highest BCUT2D eigenvalue weighted by Crippen LogP contribution is 2.22. The molecule has 1 N–H and O–H groups in total. The third kappa shape index (κ3) is 5.11. The Morgan fingerprint density at radius 3 is 2.69 bits per heavy atom. The van der Waals surface area contributed by atoms with Gasteiger partial charge in [-0.3, -0.25) is 4.79 Å². The number of hydrogen-bond donors (Lipinski definition) is 1. The van der Waals surface area contributed by atoms with Crippen LogP contribution in [0.25, 0.3) is 0 Å². The molecule has 88 valence electrons. The van der Waals surface area contributed by atoms with Crippen LogP contribution in [0, 0.1) is 5.95 Å². The average molecular weight is 242 g/mol. The van der Waals surface area contributed by atoms with E-state index in [1.807, 2.05) is 20.8 Å². The number of thioether (sulfide) groups is 1. The number of anilines is 1. The molecule has 1 rings (SSSR count). The average Bonchev–Trinajstić information content (AvgIpc) is 2.18. The molecule has 1 aromatic heterocycles. The monoisotopic (exact) mass is 242 g/mol. The van der Waals surface area contributed by atoms with Crippen LogP contribution in [0.3, 0.4) is 0 Å². The Labute approximate surface area is 98.8 Å². The van der Waals surface area contributed by atoms with Gasteiger partial charge in [-0.2, -0.15) is 4.39 Å². The van der Waals surface area contributed by atoms with E-state index in [-0.39, 0.29) is 10.7 Å². The molecular weight excluding hydrogens is 227 g/mol. The van der Waals surface area contributed by atoms with Crippen molar-refractivity contribution >= 4 is 23.4 Å². The van der Waals surface area contributed by atoms with Crippen LogP contribution in [0.15, 0.2) is 18.3 Å². The molecule has 16 heavy (non-hydrogen) atoms. The normalized spacial score (nSPS) is 11.2. The second-order valence-corrected chi connectivity index (χ2v) is 6.12. The Bertz CT molecular complexity index is 359. The zero-order valence-electron chi connectivity index (χ0n) is 9.58. The summed E-state index contributed by atoms with van der Waals surface area (Å²) in [5.74, 6) is -0.281. The lowest BCUT2D eigenvalue weighted by atomic mass is 10.3. The highest BCUT2D eigenvalue weighted by Gasteiger charge is 2.13. The zero-order valence-corrected chi connectivity index (χ0v) is 10.4. The maximum Gasteiger partial charge on any atom is 0.234 e. The zero-order chi connectivity index (χ0) is 12.2. The number of amides is 1. The summed E-state index contributed by atoms with van der Waals surface area (Å²) in [4.78, 5) is 14.9. The van der Waals surface area contributed by atoms with E-state index in [0.717, 1.165) is 0 Å². The molecule has 0 saturated carbocycles. The molecule has 0 atom stereocenters. The minimum atomic E-state index is -0.554. The second kappa shape index (κ2) is 5.30. The van der Waals surface area contributed by atoms with Crippen molar-refractivity contribution < 1.29 is 9.18 Å². The van der Waals surface area contributed by atoms with Crippen LogP contribution < -0.4 is 5.32 Å². The molecule has 3 nitrogen and oxygen atoms in total. The number of nitrogens with zero attached hydrogens (tertiary/aromatic N) is 1. The third-order valence-electron chi connectivity index (χ3n) is 1.65. The van der Waals surface area contributed by atoms with Crippen LogP contribution in [-0.2, 0) is 4.79 Å². The molecule has 0 aromatic carbocycles. The summed E-state index contributed by atoms with van der Waals surface area (Å²) in [5, 5.41) is 2.65. The molecule has 0 aliphatic rings. The van der Waals surface area contributed by atoms with E-state index in [0.29, 0.717) is 11.4 Å². The summed E-state index contributed by atoms with van der Waals surface area (Å²) in [6.07, 6.45) is 1.30. The van der Waals surface area contributed by atoms with Gasteiger partial charge in [-0.25, -0.2) is 4.98 Å². The number of pyridine rings is 1. The number of carbonyl (C=O) groups is 1. The van der Waals surface area contributed by atoms with Gasteiger partial charge in [-0.05, 0) is 12.1 Å². The van der Waals surface area contributed by atoms with E-state index < -0.39 is 5.95 Å². The Morgan fingerprint density at radius 1 is 1.50 bits per heavy atom. The van der Waals surface area contributed by atoms with Crippen LogP contribution in [0.2, 0.25) is 0 Å². The first kappa shape index (κ1) is 13.0. The Balaban J connectivity index is 2.43. The smallest absolute Gasteiger partial charge is 0.234 e. The standard InChI is InChI=1S/C11H15FN2OS/c1-11(2,3)16-7-10(15)14-8-4-5-9(12)13-6-8/h4-6H,7H2,1-3H3,(H,14,15). The van der Waals surface area contributed by atoms with Crippen molar-refractivity contribution in [2.24, 2.45) is 0 Å². The highest BCUT2D eigenvalue weighted by molar-refractivity contribution is 8.01. The molecule has 0 spiro atoms. The molecule has 5 heteroatoms. The number of carbonyl (C=O) groups excluding carboxylic acids is 1. The molecule has 0 aliphatic carbocycles. The molecule has 0 fully saturated rings. The maximum absolute atomic E-state index is 12.5. The third-order valence-corrected chi connectivity index (χ3v) is 2.92. The quantitative estimate of drug-likeness (QED) is 0.829. The Morgan fingerprint density at radius 2 is 2.19 bits per heavy atom. The predicted octanol–water partition coefficient (Wildman–Crippen LogP) is 2.69. The van der Waals surface area contributed by atoms with Crippen LogP contribution in [0.5, 0.6) is 0 Å². The van der Waals surface area contributed by atoms with E-state index >= 15 is 0 Å². The number of halogens is 1. The van der Waals surface area contributed by atoms with Crippen LogP contribution >= 0.6 is 11.8 Å². The minimum absolute atomic E-state index is 0.0540. The molecule has 0 aliphatic heterocycles. The number of nitrogens with one attached hydrogen (secondary N) is 1. The lowest BCUT2D eigenvalue weighted by molar-refractivity contribution is -0.113. The van der Waals surface area contributed by atoms with Crippen molar-refractivity contribution in [3.8, 4) is 0 Å². The van der Waals surface area contributed by atoms with Crippen LogP contribution in [-0.4, -0.2) is 21.4 Å². The number of hydrogen-bond acceptors (Lipinski definition) is 3. The lowest BCUT2D eigenvalue weighted by Crippen LogP contribution is -2.19. The van der Waals surface area contributed by atoms with Gasteiger partial charge in [0.1, 0.15) is 0 Å². The van der Waals surface area contributed by atoms with Crippen molar-refractivity contribution in [1.29, 1.82) is 0 Å². The van der Waals surface area contributed by atoms with Gasteiger partial charge in [-0.1, -0.05) is 20.8 Å². The molecule has 0 radical (unpaired) electrons. The van der Waals surface area contributed by atoms with Gasteiger partial charge in [0.2, 0.25) is 11.9 Å². The first-order valence-electron chi connectivity index (χ1n) is 4.92. The van der Waals surface area contributed by atoms with E-state index in [4.69, 9.17) is 0 Å². The molecular formula is C11H15FN2OS. The van der Waals surface area contributed by atoms with Gasteiger partial charge >= 0.3 is 0 Å². The largest absolute Gasteiger partial charge is 0.324 e. The van der Waals surface area contributed by atoms with Gasteiger partial charge in [0, 0.05) is 4.75 Å². The van der Waals surface area contributed by atoms with Crippen molar-refractivity contribution in [1.82, 2.24) is 4.98 Å². The summed E-state index contributed by atoms with van der Waals surface area (Å²) >= 11 is 1.56. The fourth-order valence-corrected chi connectivity index (χ4v) is 1.57. The van der Waals surface area contributed by atoms with E-state index in [1.165, 1.54) is 18.3 Å². The first-order chi connectivity index (χ1) is 7.37. The Hall–Kier alpha value is -1.10. The van der Waals surface area contributed by atoms with Gasteiger partial charge in [0.15, 0.2) is 0 Å². The molecule has 0 bridgehead atoms. The molecule has 1 aromatic rings. The van der Waals surface area contributed by atoms with Crippen LogP contribution in [0.4, 0.5) is 10.1 Å². The van der Waals surface area contributed by atoms with E-state index in [1.54, 1.807) is 11.8 Å². The summed E-state index contributed by atoms with van der Waals surface area (Å²) < 4.78 is 12.6. The minimum Gasteiger partial charge on any atom is -0.324 e. The van der Waals surface area contributed by atoms with Crippen molar-refractivity contribution in [3.05, 3.63) is 24.3 Å². The fourth-order valence-electron chi connectivity index (χ4n) is 0.929.